The summed E-state index contributed by atoms with van der Waals surface area (Å²) in [7, 11) is -3.37. The van der Waals surface area contributed by atoms with Gasteiger partial charge in [-0.1, -0.05) is 6.07 Å². The van der Waals surface area contributed by atoms with Crippen molar-refractivity contribution in [1.82, 2.24) is 9.55 Å². The molecule has 0 saturated heterocycles. The first kappa shape index (κ1) is 14.0. The molecule has 0 saturated carbocycles. The topological polar surface area (TPSA) is 54.9 Å². The van der Waals surface area contributed by atoms with E-state index in [1.54, 1.807) is 28.8 Å². The molecule has 0 fully saturated rings. The second-order valence-corrected chi connectivity index (χ2v) is 7.04. The van der Waals surface area contributed by atoms with Gasteiger partial charge >= 0.3 is 0 Å². The Labute approximate surface area is 125 Å². The van der Waals surface area contributed by atoms with Crippen LogP contribution in [0.1, 0.15) is 0 Å². The van der Waals surface area contributed by atoms with E-state index in [0.29, 0.717) is 21.5 Å². The number of H-pyrrole nitrogens is 1. The summed E-state index contributed by atoms with van der Waals surface area (Å²) in [6, 6.07) is 10.8. The number of halogens is 1. The highest BCUT2D eigenvalue weighted by atomic mass is 32.2. The van der Waals surface area contributed by atoms with Crippen molar-refractivity contribution in [1.29, 1.82) is 0 Å². The maximum atomic E-state index is 13.0. The molecular formula is C14H11FN2O2S2. The van der Waals surface area contributed by atoms with Crippen LogP contribution in [0.4, 0.5) is 4.39 Å². The Morgan fingerprint density at radius 2 is 1.81 bits per heavy atom. The number of hydrogen-bond acceptors (Lipinski definition) is 3. The van der Waals surface area contributed by atoms with Crippen LogP contribution in [0, 0.1) is 10.6 Å². The van der Waals surface area contributed by atoms with Crippen molar-refractivity contribution in [3.63, 3.8) is 0 Å². The number of imidazole rings is 1. The van der Waals surface area contributed by atoms with Gasteiger partial charge in [-0.05, 0) is 48.6 Å². The number of aromatic nitrogens is 2. The number of benzene rings is 2. The van der Waals surface area contributed by atoms with E-state index < -0.39 is 9.84 Å². The molecule has 1 heterocycles. The number of hydrogen-bond donors (Lipinski definition) is 1. The lowest BCUT2D eigenvalue weighted by molar-refractivity contribution is 0.602. The minimum absolute atomic E-state index is 0.187. The van der Waals surface area contributed by atoms with Gasteiger partial charge in [0.15, 0.2) is 14.6 Å². The van der Waals surface area contributed by atoms with E-state index in [9.17, 15) is 12.8 Å². The Hall–Kier alpha value is -1.99. The number of aromatic amines is 1. The predicted octanol–water partition coefficient (Wildman–Crippen LogP) is 3.23. The molecule has 0 aliphatic heterocycles. The number of nitrogens with one attached hydrogen (secondary N) is 1. The van der Waals surface area contributed by atoms with Crippen LogP contribution in [0.2, 0.25) is 0 Å². The van der Waals surface area contributed by atoms with Crippen LogP contribution < -0.4 is 0 Å². The van der Waals surface area contributed by atoms with Gasteiger partial charge in [0.05, 0.1) is 15.9 Å². The maximum Gasteiger partial charge on any atom is 0.182 e. The van der Waals surface area contributed by atoms with Crippen molar-refractivity contribution in [2.24, 2.45) is 0 Å². The van der Waals surface area contributed by atoms with E-state index in [0.717, 1.165) is 6.26 Å². The molecule has 0 aliphatic carbocycles. The lowest BCUT2D eigenvalue weighted by Gasteiger charge is -2.05. The van der Waals surface area contributed by atoms with Crippen LogP contribution in [0.3, 0.4) is 0 Å². The molecule has 3 aromatic rings. The first-order valence-electron chi connectivity index (χ1n) is 6.08. The van der Waals surface area contributed by atoms with Gasteiger partial charge in [0.25, 0.3) is 0 Å². The second kappa shape index (κ2) is 4.78. The third-order valence-electron chi connectivity index (χ3n) is 3.16. The molecule has 0 bridgehead atoms. The van der Waals surface area contributed by atoms with Crippen molar-refractivity contribution >= 4 is 33.1 Å². The fourth-order valence-corrected chi connectivity index (χ4v) is 3.42. The number of fused-ring (bicyclic) bond motifs is 1. The van der Waals surface area contributed by atoms with Crippen LogP contribution in [0.25, 0.3) is 16.7 Å². The fraction of sp³-hybridized carbons (Fsp3) is 0.0714. The monoisotopic (exact) mass is 322 g/mol. The summed E-state index contributed by atoms with van der Waals surface area (Å²) < 4.78 is 38.7. The van der Waals surface area contributed by atoms with Crippen LogP contribution in [-0.2, 0) is 9.84 Å². The Morgan fingerprint density at radius 3 is 2.43 bits per heavy atom. The zero-order valence-electron chi connectivity index (χ0n) is 11.0. The Kier molecular flexibility index (Phi) is 3.18. The van der Waals surface area contributed by atoms with Gasteiger partial charge in [0.1, 0.15) is 5.82 Å². The van der Waals surface area contributed by atoms with Gasteiger partial charge in [-0.25, -0.2) is 12.8 Å². The molecule has 0 atom stereocenters. The van der Waals surface area contributed by atoms with Crippen molar-refractivity contribution in [2.45, 2.75) is 4.90 Å². The molecule has 0 amide bonds. The molecule has 3 rings (SSSR count). The molecule has 0 unspecified atom stereocenters. The van der Waals surface area contributed by atoms with E-state index >= 15 is 0 Å². The Balaban J connectivity index is 2.38. The molecule has 1 N–H and O–H groups in total. The third-order valence-corrected chi connectivity index (χ3v) is 4.59. The average Bonchev–Trinajstić information content (AvgIpc) is 2.74. The Morgan fingerprint density at radius 1 is 1.14 bits per heavy atom. The van der Waals surface area contributed by atoms with E-state index in [-0.39, 0.29) is 10.7 Å². The number of sulfone groups is 1. The second-order valence-electron chi connectivity index (χ2n) is 4.66. The zero-order valence-corrected chi connectivity index (χ0v) is 12.6. The normalized spacial score (nSPS) is 11.9. The van der Waals surface area contributed by atoms with Crippen molar-refractivity contribution < 1.29 is 12.8 Å². The Bertz CT molecular complexity index is 986. The number of para-hydroxylation sites is 1. The molecule has 0 radical (unpaired) electrons. The lowest BCUT2D eigenvalue weighted by atomic mass is 10.2. The van der Waals surface area contributed by atoms with Gasteiger partial charge in [-0.3, -0.25) is 4.57 Å². The van der Waals surface area contributed by atoms with E-state index in [1.165, 1.54) is 18.2 Å². The van der Waals surface area contributed by atoms with Gasteiger partial charge in [0.2, 0.25) is 0 Å². The summed E-state index contributed by atoms with van der Waals surface area (Å²) in [6.45, 7) is 0. The first-order valence-corrected chi connectivity index (χ1v) is 8.37. The van der Waals surface area contributed by atoms with Crippen LogP contribution >= 0.6 is 12.2 Å². The highest BCUT2D eigenvalue weighted by Crippen LogP contribution is 2.25. The van der Waals surface area contributed by atoms with Crippen LogP contribution in [0.15, 0.2) is 47.4 Å². The standard InChI is InChI=1S/C14H11FN2O2S2/c1-21(18,19)12-4-2-3-11-13(12)16-14(20)17(11)10-7-5-9(15)6-8-10/h2-8H,1H3,(H,16,20). The van der Waals surface area contributed by atoms with Gasteiger partial charge < -0.3 is 4.98 Å². The third kappa shape index (κ3) is 2.38. The highest BCUT2D eigenvalue weighted by Gasteiger charge is 2.16. The summed E-state index contributed by atoms with van der Waals surface area (Å²) in [5, 5.41) is 0. The largest absolute Gasteiger partial charge is 0.329 e. The highest BCUT2D eigenvalue weighted by molar-refractivity contribution is 7.91. The van der Waals surface area contributed by atoms with Gasteiger partial charge in [-0.2, -0.15) is 0 Å². The van der Waals surface area contributed by atoms with Crippen LogP contribution in [0.5, 0.6) is 0 Å². The maximum absolute atomic E-state index is 13.0. The molecule has 0 spiro atoms. The molecule has 4 nitrogen and oxygen atoms in total. The SMILES string of the molecule is CS(=O)(=O)c1cccc2c1[nH]c(=S)n2-c1ccc(F)cc1. The summed E-state index contributed by atoms with van der Waals surface area (Å²) in [6.07, 6.45) is 1.15. The average molecular weight is 322 g/mol. The fourth-order valence-electron chi connectivity index (χ4n) is 2.26. The zero-order chi connectivity index (χ0) is 15.2. The smallest absolute Gasteiger partial charge is 0.182 e. The van der Waals surface area contributed by atoms with Crippen molar-refractivity contribution in [2.75, 3.05) is 6.26 Å². The van der Waals surface area contributed by atoms with E-state index in [4.69, 9.17) is 12.2 Å². The van der Waals surface area contributed by atoms with Gasteiger partial charge in [-0.15, -0.1) is 0 Å². The summed E-state index contributed by atoms with van der Waals surface area (Å²) in [4.78, 5) is 3.11. The molecule has 108 valence electrons. The molecule has 1 aromatic heterocycles. The van der Waals surface area contributed by atoms with Crippen LogP contribution in [-0.4, -0.2) is 24.2 Å². The van der Waals surface area contributed by atoms with Crippen molar-refractivity contribution in [3.8, 4) is 5.69 Å². The van der Waals surface area contributed by atoms with Crippen molar-refractivity contribution in [3.05, 3.63) is 53.1 Å². The predicted molar refractivity (Wildman–Crippen MR) is 81.5 cm³/mol. The minimum Gasteiger partial charge on any atom is -0.329 e. The lowest BCUT2D eigenvalue weighted by Crippen LogP contribution is -1.98. The van der Waals surface area contributed by atoms with Gasteiger partial charge in [0, 0.05) is 11.9 Å². The molecular weight excluding hydrogens is 311 g/mol. The minimum atomic E-state index is -3.37. The summed E-state index contributed by atoms with van der Waals surface area (Å²) >= 11 is 5.27. The number of nitrogens with zero attached hydrogens (tertiary/aromatic N) is 1. The molecule has 21 heavy (non-hydrogen) atoms. The van der Waals surface area contributed by atoms with E-state index in [1.807, 2.05) is 0 Å². The quantitative estimate of drug-likeness (QED) is 0.737. The molecule has 7 heteroatoms. The summed E-state index contributed by atoms with van der Waals surface area (Å²) in [5.41, 5.74) is 1.75. The molecule has 0 aliphatic rings. The summed E-state index contributed by atoms with van der Waals surface area (Å²) in [5.74, 6) is -0.345. The first-order chi connectivity index (χ1) is 9.88. The number of rotatable bonds is 2. The molecule has 2 aromatic carbocycles. The van der Waals surface area contributed by atoms with E-state index in [2.05, 4.69) is 4.98 Å².